The van der Waals surface area contributed by atoms with Gasteiger partial charge in [-0.05, 0) is 17.5 Å². The van der Waals surface area contributed by atoms with Crippen molar-refractivity contribution in [2.45, 2.75) is 19.3 Å². The summed E-state index contributed by atoms with van der Waals surface area (Å²) >= 11 is 1.93. The third-order valence-corrected chi connectivity index (χ3v) is 4.33. The lowest BCUT2D eigenvalue weighted by Gasteiger charge is -2.15. The van der Waals surface area contributed by atoms with Gasteiger partial charge in [0.2, 0.25) is 0 Å². The van der Waals surface area contributed by atoms with Crippen molar-refractivity contribution in [2.75, 3.05) is 12.3 Å². The SMILES string of the molecule is CCC1=Cc2ccccc2C1C1=NCCS1. The Morgan fingerprint density at radius 3 is 3.00 bits per heavy atom. The largest absolute Gasteiger partial charge is 0.281 e. The van der Waals surface area contributed by atoms with Gasteiger partial charge in [-0.25, -0.2) is 0 Å². The predicted octanol–water partition coefficient (Wildman–Crippen LogP) is 3.72. The molecule has 2 heteroatoms. The van der Waals surface area contributed by atoms with Gasteiger partial charge in [0.1, 0.15) is 0 Å². The van der Waals surface area contributed by atoms with E-state index >= 15 is 0 Å². The quantitative estimate of drug-likeness (QED) is 0.753. The number of hydrogen-bond donors (Lipinski definition) is 0. The van der Waals surface area contributed by atoms with E-state index in [9.17, 15) is 0 Å². The number of rotatable bonds is 2. The number of allylic oxidation sites excluding steroid dienone is 1. The first kappa shape index (κ1) is 10.2. The third-order valence-electron chi connectivity index (χ3n) is 3.28. The monoisotopic (exact) mass is 229 g/mol. The van der Waals surface area contributed by atoms with Crippen LogP contribution in [0.5, 0.6) is 0 Å². The summed E-state index contributed by atoms with van der Waals surface area (Å²) in [7, 11) is 0. The van der Waals surface area contributed by atoms with E-state index in [0.717, 1.165) is 18.7 Å². The van der Waals surface area contributed by atoms with Crippen molar-refractivity contribution in [3.63, 3.8) is 0 Å². The molecule has 1 aliphatic heterocycles. The van der Waals surface area contributed by atoms with E-state index in [0.29, 0.717) is 5.92 Å². The van der Waals surface area contributed by atoms with Crippen LogP contribution in [-0.2, 0) is 0 Å². The molecule has 0 amide bonds. The van der Waals surface area contributed by atoms with Crippen LogP contribution in [0.2, 0.25) is 0 Å². The second kappa shape index (κ2) is 4.10. The number of nitrogens with zero attached hydrogens (tertiary/aromatic N) is 1. The molecule has 0 aromatic heterocycles. The van der Waals surface area contributed by atoms with E-state index in [1.54, 1.807) is 0 Å². The number of thioether (sulfide) groups is 1. The fourth-order valence-electron chi connectivity index (χ4n) is 2.51. The summed E-state index contributed by atoms with van der Waals surface area (Å²) in [6.07, 6.45) is 3.47. The number of hydrogen-bond acceptors (Lipinski definition) is 2. The van der Waals surface area contributed by atoms with Crippen molar-refractivity contribution >= 4 is 22.9 Å². The Balaban J connectivity index is 2.06. The summed E-state index contributed by atoms with van der Waals surface area (Å²) in [4.78, 5) is 4.65. The Morgan fingerprint density at radius 1 is 1.38 bits per heavy atom. The molecule has 16 heavy (non-hydrogen) atoms. The summed E-state index contributed by atoms with van der Waals surface area (Å²) in [6, 6.07) is 8.72. The molecule has 0 bridgehead atoms. The lowest BCUT2D eigenvalue weighted by molar-refractivity contribution is 0.979. The molecule has 82 valence electrons. The van der Waals surface area contributed by atoms with Gasteiger partial charge in [-0.3, -0.25) is 4.99 Å². The topological polar surface area (TPSA) is 12.4 Å². The van der Waals surface area contributed by atoms with E-state index < -0.39 is 0 Å². The number of benzene rings is 1. The molecular formula is C14H15NS. The van der Waals surface area contributed by atoms with E-state index in [2.05, 4.69) is 42.3 Å². The van der Waals surface area contributed by atoms with Crippen LogP contribution in [0.4, 0.5) is 0 Å². The Labute approximate surface area is 101 Å². The first-order valence-electron chi connectivity index (χ1n) is 5.86. The summed E-state index contributed by atoms with van der Waals surface area (Å²) in [6.45, 7) is 3.24. The second-order valence-electron chi connectivity index (χ2n) is 4.20. The van der Waals surface area contributed by atoms with Crippen LogP contribution in [0.25, 0.3) is 6.08 Å². The zero-order valence-corrected chi connectivity index (χ0v) is 10.3. The zero-order valence-electron chi connectivity index (χ0n) is 9.44. The minimum absolute atomic E-state index is 0.466. The van der Waals surface area contributed by atoms with Crippen molar-refractivity contribution in [2.24, 2.45) is 4.99 Å². The molecule has 1 atom stereocenters. The number of fused-ring (bicyclic) bond motifs is 1. The molecule has 1 aromatic rings. The van der Waals surface area contributed by atoms with Crippen LogP contribution in [0, 0.1) is 0 Å². The highest BCUT2D eigenvalue weighted by atomic mass is 32.2. The smallest absolute Gasteiger partial charge is 0.0793 e. The standard InChI is InChI=1S/C14H15NS/c1-2-10-9-11-5-3-4-6-12(11)13(10)14-15-7-8-16-14/h3-6,9,13H,2,7-8H2,1H3. The predicted molar refractivity (Wildman–Crippen MR) is 72.2 cm³/mol. The van der Waals surface area contributed by atoms with Gasteiger partial charge in [0, 0.05) is 12.3 Å². The van der Waals surface area contributed by atoms with Gasteiger partial charge in [0.25, 0.3) is 0 Å². The lowest BCUT2D eigenvalue weighted by atomic mass is 9.95. The molecule has 3 rings (SSSR count). The Bertz CT molecular complexity index is 473. The molecule has 1 unspecified atom stereocenters. The molecule has 0 N–H and O–H groups in total. The summed E-state index contributed by atoms with van der Waals surface area (Å²) < 4.78 is 0. The van der Waals surface area contributed by atoms with E-state index in [4.69, 9.17) is 0 Å². The average Bonchev–Trinajstić information content (AvgIpc) is 2.94. The molecule has 0 saturated heterocycles. The van der Waals surface area contributed by atoms with Crippen LogP contribution in [0.1, 0.15) is 30.4 Å². The first-order valence-corrected chi connectivity index (χ1v) is 6.85. The van der Waals surface area contributed by atoms with Gasteiger partial charge in [-0.2, -0.15) is 0 Å². The first-order chi connectivity index (χ1) is 7.90. The van der Waals surface area contributed by atoms with Gasteiger partial charge in [0.05, 0.1) is 11.0 Å². The van der Waals surface area contributed by atoms with Crippen LogP contribution in [0.15, 0.2) is 34.8 Å². The normalized spacial score (nSPS) is 22.9. The van der Waals surface area contributed by atoms with Gasteiger partial charge < -0.3 is 0 Å². The van der Waals surface area contributed by atoms with E-state index in [-0.39, 0.29) is 0 Å². The van der Waals surface area contributed by atoms with Gasteiger partial charge in [-0.1, -0.05) is 42.8 Å². The molecule has 2 aliphatic rings. The maximum absolute atomic E-state index is 4.65. The summed E-state index contributed by atoms with van der Waals surface area (Å²) in [5.41, 5.74) is 4.36. The van der Waals surface area contributed by atoms with Crippen LogP contribution in [0.3, 0.4) is 0 Å². The van der Waals surface area contributed by atoms with Crippen LogP contribution >= 0.6 is 11.8 Å². The molecule has 0 fully saturated rings. The van der Waals surface area contributed by atoms with Crippen molar-refractivity contribution in [3.8, 4) is 0 Å². The van der Waals surface area contributed by atoms with Crippen molar-refractivity contribution in [1.29, 1.82) is 0 Å². The maximum atomic E-state index is 4.65. The molecule has 1 aromatic carbocycles. The van der Waals surface area contributed by atoms with E-state index in [1.807, 2.05) is 11.8 Å². The fourth-order valence-corrected chi connectivity index (χ4v) is 3.53. The summed E-state index contributed by atoms with van der Waals surface area (Å²) in [5, 5.41) is 1.33. The Hall–Kier alpha value is -1.02. The molecule has 1 heterocycles. The lowest BCUT2D eigenvalue weighted by Crippen LogP contribution is -2.07. The van der Waals surface area contributed by atoms with Crippen molar-refractivity contribution in [1.82, 2.24) is 0 Å². The molecule has 0 radical (unpaired) electrons. The zero-order chi connectivity index (χ0) is 11.0. The van der Waals surface area contributed by atoms with Gasteiger partial charge in [-0.15, -0.1) is 11.8 Å². The third kappa shape index (κ3) is 1.52. The molecule has 0 spiro atoms. The summed E-state index contributed by atoms with van der Waals surface area (Å²) in [5.74, 6) is 1.62. The highest BCUT2D eigenvalue weighted by Gasteiger charge is 2.29. The fraction of sp³-hybridized carbons (Fsp3) is 0.357. The Kier molecular flexibility index (Phi) is 2.60. The van der Waals surface area contributed by atoms with E-state index in [1.165, 1.54) is 21.7 Å². The molecule has 1 aliphatic carbocycles. The van der Waals surface area contributed by atoms with Gasteiger partial charge >= 0.3 is 0 Å². The number of aliphatic imine (C=N–C) groups is 1. The molecule has 0 saturated carbocycles. The van der Waals surface area contributed by atoms with Crippen LogP contribution < -0.4 is 0 Å². The Morgan fingerprint density at radius 2 is 2.25 bits per heavy atom. The van der Waals surface area contributed by atoms with Gasteiger partial charge in [0.15, 0.2) is 0 Å². The van der Waals surface area contributed by atoms with Crippen LogP contribution in [-0.4, -0.2) is 17.3 Å². The average molecular weight is 229 g/mol. The van der Waals surface area contributed by atoms with Crippen molar-refractivity contribution in [3.05, 3.63) is 41.0 Å². The highest BCUT2D eigenvalue weighted by Crippen LogP contribution is 2.42. The molecular weight excluding hydrogens is 214 g/mol. The highest BCUT2D eigenvalue weighted by molar-refractivity contribution is 8.14. The minimum Gasteiger partial charge on any atom is -0.281 e. The second-order valence-corrected chi connectivity index (χ2v) is 5.32. The van der Waals surface area contributed by atoms with Crippen molar-refractivity contribution < 1.29 is 0 Å². The maximum Gasteiger partial charge on any atom is 0.0793 e. The molecule has 1 nitrogen and oxygen atoms in total. The minimum atomic E-state index is 0.466.